The van der Waals surface area contributed by atoms with Gasteiger partial charge in [-0.1, -0.05) is 11.6 Å². The molecule has 0 radical (unpaired) electrons. The molecule has 5 heteroatoms. The molecule has 0 aliphatic heterocycles. The molecule has 0 spiro atoms. The lowest BCUT2D eigenvalue weighted by Crippen LogP contribution is -2.39. The fraction of sp³-hybridized carbons (Fsp3) is 0.462. The normalized spacial score (nSPS) is 12.3. The number of carbonyl (C=O) groups is 1. The van der Waals surface area contributed by atoms with Gasteiger partial charge < -0.3 is 15.5 Å². The van der Waals surface area contributed by atoms with Gasteiger partial charge in [-0.25, -0.2) is 0 Å². The van der Waals surface area contributed by atoms with Crippen molar-refractivity contribution in [2.45, 2.75) is 13.0 Å². The van der Waals surface area contributed by atoms with E-state index in [0.717, 1.165) is 12.2 Å². The summed E-state index contributed by atoms with van der Waals surface area (Å²) in [4.78, 5) is 14.2. The van der Waals surface area contributed by atoms with E-state index < -0.39 is 0 Å². The summed E-state index contributed by atoms with van der Waals surface area (Å²) < 4.78 is 0. The van der Waals surface area contributed by atoms with Gasteiger partial charge in [0.05, 0.1) is 5.56 Å². The van der Waals surface area contributed by atoms with Gasteiger partial charge in [0.25, 0.3) is 5.91 Å². The lowest BCUT2D eigenvalue weighted by molar-refractivity contribution is 0.0935. The number of nitrogens with one attached hydrogen (secondary N) is 2. The second-order valence-electron chi connectivity index (χ2n) is 4.58. The van der Waals surface area contributed by atoms with E-state index in [4.69, 9.17) is 11.6 Å². The molecule has 1 amide bonds. The van der Waals surface area contributed by atoms with Gasteiger partial charge in [0, 0.05) is 30.3 Å². The Morgan fingerprint density at radius 1 is 1.44 bits per heavy atom. The van der Waals surface area contributed by atoms with Crippen LogP contribution in [0.5, 0.6) is 0 Å². The van der Waals surface area contributed by atoms with Gasteiger partial charge in [0.2, 0.25) is 0 Å². The van der Waals surface area contributed by atoms with Crippen LogP contribution in [0, 0.1) is 0 Å². The van der Waals surface area contributed by atoms with E-state index in [9.17, 15) is 4.79 Å². The number of benzene rings is 1. The number of amides is 1. The van der Waals surface area contributed by atoms with Crippen molar-refractivity contribution in [1.29, 1.82) is 0 Å². The first-order valence-corrected chi connectivity index (χ1v) is 6.24. The summed E-state index contributed by atoms with van der Waals surface area (Å²) in [6, 6.07) is 5.31. The molecule has 2 N–H and O–H groups in total. The Balaban J connectivity index is 2.80. The van der Waals surface area contributed by atoms with Crippen LogP contribution in [-0.2, 0) is 0 Å². The zero-order valence-electron chi connectivity index (χ0n) is 11.2. The number of hydrogen-bond donors (Lipinski definition) is 2. The topological polar surface area (TPSA) is 44.4 Å². The Labute approximate surface area is 113 Å². The standard InChI is InChI=1S/C13H20ClN3O/c1-9(8-17(3)4)16-13(18)11-7-10(14)5-6-12(11)15-2/h5-7,9,15H,8H2,1-4H3,(H,16,18). The highest BCUT2D eigenvalue weighted by Crippen LogP contribution is 2.20. The molecule has 1 atom stereocenters. The van der Waals surface area contributed by atoms with Crippen molar-refractivity contribution >= 4 is 23.2 Å². The van der Waals surface area contributed by atoms with Crippen LogP contribution in [0.15, 0.2) is 18.2 Å². The molecule has 0 saturated carbocycles. The zero-order chi connectivity index (χ0) is 13.7. The summed E-state index contributed by atoms with van der Waals surface area (Å²) in [6.07, 6.45) is 0. The number of nitrogens with zero attached hydrogens (tertiary/aromatic N) is 1. The van der Waals surface area contributed by atoms with Crippen molar-refractivity contribution in [2.75, 3.05) is 33.0 Å². The molecule has 0 bridgehead atoms. The third kappa shape index (κ3) is 4.20. The summed E-state index contributed by atoms with van der Waals surface area (Å²) in [5.74, 6) is -0.115. The second-order valence-corrected chi connectivity index (χ2v) is 5.01. The number of halogens is 1. The van der Waals surface area contributed by atoms with Crippen molar-refractivity contribution in [1.82, 2.24) is 10.2 Å². The molecule has 0 aliphatic rings. The van der Waals surface area contributed by atoms with E-state index in [2.05, 4.69) is 10.6 Å². The number of anilines is 1. The van der Waals surface area contributed by atoms with Crippen LogP contribution in [0.1, 0.15) is 17.3 Å². The Hall–Kier alpha value is -1.26. The third-order valence-electron chi connectivity index (χ3n) is 2.51. The smallest absolute Gasteiger partial charge is 0.253 e. The third-order valence-corrected chi connectivity index (χ3v) is 2.75. The zero-order valence-corrected chi connectivity index (χ0v) is 12.0. The Morgan fingerprint density at radius 2 is 2.11 bits per heavy atom. The maximum absolute atomic E-state index is 12.1. The van der Waals surface area contributed by atoms with E-state index in [1.54, 1.807) is 25.2 Å². The average molecular weight is 270 g/mol. The van der Waals surface area contributed by atoms with Crippen molar-refractivity contribution in [3.8, 4) is 0 Å². The number of likely N-dealkylation sites (N-methyl/N-ethyl adjacent to an activating group) is 1. The van der Waals surface area contributed by atoms with Crippen LogP contribution in [0.2, 0.25) is 5.02 Å². The first-order chi connectivity index (χ1) is 8.43. The maximum atomic E-state index is 12.1. The monoisotopic (exact) mass is 269 g/mol. The molecule has 4 nitrogen and oxygen atoms in total. The Kier molecular flexibility index (Phi) is 5.44. The molecule has 0 saturated heterocycles. The van der Waals surface area contributed by atoms with Crippen LogP contribution >= 0.6 is 11.6 Å². The van der Waals surface area contributed by atoms with Gasteiger partial charge >= 0.3 is 0 Å². The van der Waals surface area contributed by atoms with E-state index in [1.807, 2.05) is 25.9 Å². The van der Waals surface area contributed by atoms with Gasteiger partial charge in [-0.3, -0.25) is 4.79 Å². The van der Waals surface area contributed by atoms with Crippen molar-refractivity contribution in [2.24, 2.45) is 0 Å². The van der Waals surface area contributed by atoms with Crippen molar-refractivity contribution < 1.29 is 4.79 Å². The highest BCUT2D eigenvalue weighted by Gasteiger charge is 2.14. The Bertz CT molecular complexity index is 421. The maximum Gasteiger partial charge on any atom is 0.253 e. The van der Waals surface area contributed by atoms with Crippen LogP contribution < -0.4 is 10.6 Å². The summed E-state index contributed by atoms with van der Waals surface area (Å²) in [6.45, 7) is 2.77. The minimum Gasteiger partial charge on any atom is -0.387 e. The van der Waals surface area contributed by atoms with Crippen LogP contribution in [0.3, 0.4) is 0 Å². The average Bonchev–Trinajstić information content (AvgIpc) is 2.27. The molecule has 0 fully saturated rings. The molecule has 0 aromatic heterocycles. The predicted molar refractivity (Wildman–Crippen MR) is 76.5 cm³/mol. The molecule has 18 heavy (non-hydrogen) atoms. The van der Waals surface area contributed by atoms with Crippen molar-refractivity contribution in [3.63, 3.8) is 0 Å². The molecule has 0 aliphatic carbocycles. The van der Waals surface area contributed by atoms with Crippen molar-refractivity contribution in [3.05, 3.63) is 28.8 Å². The van der Waals surface area contributed by atoms with Gasteiger partial charge in [-0.15, -0.1) is 0 Å². The van der Waals surface area contributed by atoms with Crippen LogP contribution in [-0.4, -0.2) is 44.5 Å². The molecular formula is C13H20ClN3O. The number of rotatable bonds is 5. The molecule has 100 valence electrons. The number of hydrogen-bond acceptors (Lipinski definition) is 3. The fourth-order valence-corrected chi connectivity index (χ4v) is 1.99. The van der Waals surface area contributed by atoms with Crippen LogP contribution in [0.25, 0.3) is 0 Å². The van der Waals surface area contributed by atoms with Gasteiger partial charge in [-0.2, -0.15) is 0 Å². The SMILES string of the molecule is CNc1ccc(Cl)cc1C(=O)NC(C)CN(C)C. The minimum absolute atomic E-state index is 0.0798. The van der Waals surface area contributed by atoms with E-state index >= 15 is 0 Å². The predicted octanol–water partition coefficient (Wildman–Crippen LogP) is 2.06. The molecular weight excluding hydrogens is 250 g/mol. The lowest BCUT2D eigenvalue weighted by atomic mass is 10.1. The minimum atomic E-state index is -0.115. The molecule has 0 heterocycles. The summed E-state index contributed by atoms with van der Waals surface area (Å²) in [5.41, 5.74) is 1.34. The fourth-order valence-electron chi connectivity index (χ4n) is 1.82. The quantitative estimate of drug-likeness (QED) is 0.860. The van der Waals surface area contributed by atoms with Crippen LogP contribution in [0.4, 0.5) is 5.69 Å². The largest absolute Gasteiger partial charge is 0.387 e. The molecule has 1 aromatic carbocycles. The molecule has 1 unspecified atom stereocenters. The first kappa shape index (κ1) is 14.8. The molecule has 1 rings (SSSR count). The summed E-state index contributed by atoms with van der Waals surface area (Å²) in [5, 5.41) is 6.49. The first-order valence-electron chi connectivity index (χ1n) is 5.87. The van der Waals surface area contributed by atoms with E-state index in [0.29, 0.717) is 10.6 Å². The number of carbonyl (C=O) groups excluding carboxylic acids is 1. The van der Waals surface area contributed by atoms with E-state index in [-0.39, 0.29) is 11.9 Å². The highest BCUT2D eigenvalue weighted by molar-refractivity contribution is 6.31. The van der Waals surface area contributed by atoms with Gasteiger partial charge in [-0.05, 0) is 39.2 Å². The van der Waals surface area contributed by atoms with Gasteiger partial charge in [0.1, 0.15) is 0 Å². The summed E-state index contributed by atoms with van der Waals surface area (Å²) >= 11 is 5.92. The second kappa shape index (κ2) is 6.61. The Morgan fingerprint density at radius 3 is 2.67 bits per heavy atom. The van der Waals surface area contributed by atoms with E-state index in [1.165, 1.54) is 0 Å². The lowest BCUT2D eigenvalue weighted by Gasteiger charge is -2.19. The highest BCUT2D eigenvalue weighted by atomic mass is 35.5. The summed E-state index contributed by atoms with van der Waals surface area (Å²) in [7, 11) is 5.73. The van der Waals surface area contributed by atoms with Gasteiger partial charge in [0.15, 0.2) is 0 Å². The molecule has 1 aromatic rings.